The molecule has 0 radical (unpaired) electrons. The third-order valence-electron chi connectivity index (χ3n) is 1.75. The predicted molar refractivity (Wildman–Crippen MR) is 55.7 cm³/mol. The second kappa shape index (κ2) is 5.21. The summed E-state index contributed by atoms with van der Waals surface area (Å²) in [5.41, 5.74) is 11.0. The lowest BCUT2D eigenvalue weighted by Crippen LogP contribution is -1.97. The minimum atomic E-state index is 0.356. The monoisotopic (exact) mass is 196 g/mol. The summed E-state index contributed by atoms with van der Waals surface area (Å²) in [6, 6.07) is 1.55. The Kier molecular flexibility index (Phi) is 3.90. The van der Waals surface area contributed by atoms with Gasteiger partial charge in [-0.15, -0.1) is 9.89 Å². The van der Waals surface area contributed by atoms with Crippen molar-refractivity contribution in [2.45, 2.75) is 26.2 Å². The summed E-state index contributed by atoms with van der Waals surface area (Å²) in [5.74, 6) is 0.761. The fourth-order valence-electron chi connectivity index (χ4n) is 1.01. The van der Waals surface area contributed by atoms with Crippen LogP contribution >= 0.6 is 0 Å². The number of hydrogen-bond acceptors (Lipinski definition) is 5. The van der Waals surface area contributed by atoms with Crippen molar-refractivity contribution in [1.29, 1.82) is 0 Å². The third-order valence-corrected chi connectivity index (χ3v) is 1.75. The first-order valence-corrected chi connectivity index (χ1v) is 4.73. The minimum absolute atomic E-state index is 0.356. The van der Waals surface area contributed by atoms with Gasteiger partial charge in [-0.2, -0.15) is 5.11 Å². The molecule has 0 spiro atoms. The predicted octanol–water partition coefficient (Wildman–Crippen LogP) is 1.45. The molecule has 0 saturated heterocycles. The van der Waals surface area contributed by atoms with Gasteiger partial charge in [0.15, 0.2) is 5.82 Å². The fourth-order valence-corrected chi connectivity index (χ4v) is 1.01. The van der Waals surface area contributed by atoms with E-state index in [9.17, 15) is 0 Å². The molecule has 1 rings (SSSR count). The highest BCUT2D eigenvalue weighted by atomic mass is 15.6. The van der Waals surface area contributed by atoms with E-state index in [4.69, 9.17) is 11.5 Å². The second-order valence-electron chi connectivity index (χ2n) is 3.05. The Morgan fingerprint density at radius 3 is 2.79 bits per heavy atom. The molecule has 0 aliphatic heterocycles. The molecular weight excluding hydrogens is 180 g/mol. The van der Waals surface area contributed by atoms with Crippen LogP contribution < -0.4 is 11.5 Å². The molecule has 0 aliphatic rings. The van der Waals surface area contributed by atoms with Crippen LogP contribution in [0.25, 0.3) is 0 Å². The molecule has 6 nitrogen and oxygen atoms in total. The summed E-state index contributed by atoms with van der Waals surface area (Å²) in [4.78, 5) is 1.24. The lowest BCUT2D eigenvalue weighted by atomic mass is 10.3. The van der Waals surface area contributed by atoms with Crippen LogP contribution in [0.4, 0.5) is 11.6 Å². The van der Waals surface area contributed by atoms with Gasteiger partial charge >= 0.3 is 0 Å². The first kappa shape index (κ1) is 10.5. The smallest absolute Gasteiger partial charge is 0.151 e. The van der Waals surface area contributed by atoms with Crippen molar-refractivity contribution < 1.29 is 0 Å². The molecule has 0 amide bonds. The molecular formula is C8H16N6. The van der Waals surface area contributed by atoms with Crippen molar-refractivity contribution in [2.75, 3.05) is 18.0 Å². The number of anilines is 2. The lowest BCUT2D eigenvalue weighted by Gasteiger charge is -1.93. The maximum absolute atomic E-state index is 5.55. The first-order chi connectivity index (χ1) is 6.74. The zero-order valence-electron chi connectivity index (χ0n) is 8.35. The largest absolute Gasteiger partial charge is 0.382 e. The van der Waals surface area contributed by atoms with Crippen LogP contribution in [0.15, 0.2) is 16.4 Å². The Bertz CT molecular complexity index is 303. The molecule has 14 heavy (non-hydrogen) atoms. The van der Waals surface area contributed by atoms with Crippen LogP contribution in [0.2, 0.25) is 0 Å². The first-order valence-electron chi connectivity index (χ1n) is 4.73. The lowest BCUT2D eigenvalue weighted by molar-refractivity contribution is 0.642. The van der Waals surface area contributed by atoms with Crippen LogP contribution in [-0.2, 0) is 0 Å². The molecule has 4 N–H and O–H groups in total. The van der Waals surface area contributed by atoms with E-state index in [2.05, 4.69) is 22.4 Å². The van der Waals surface area contributed by atoms with E-state index < -0.39 is 0 Å². The molecule has 0 aromatic carbocycles. The molecule has 1 heterocycles. The van der Waals surface area contributed by atoms with E-state index in [1.807, 2.05) is 0 Å². The molecule has 0 fully saturated rings. The van der Waals surface area contributed by atoms with Crippen molar-refractivity contribution in [1.82, 2.24) is 9.89 Å². The summed E-state index contributed by atoms with van der Waals surface area (Å²) < 4.78 is 0. The van der Waals surface area contributed by atoms with Gasteiger partial charge in [0.05, 0.1) is 6.54 Å². The van der Waals surface area contributed by atoms with Gasteiger partial charge < -0.3 is 11.5 Å². The van der Waals surface area contributed by atoms with Crippen LogP contribution in [0, 0.1) is 0 Å². The molecule has 78 valence electrons. The number of hydrogen-bond donors (Lipinski definition) is 2. The molecule has 1 aromatic rings. The summed E-state index contributed by atoms with van der Waals surface area (Å²) in [6.07, 6.45) is 3.37. The third kappa shape index (κ3) is 3.04. The zero-order chi connectivity index (χ0) is 10.4. The fraction of sp³-hybridized carbons (Fsp3) is 0.625. The highest BCUT2D eigenvalue weighted by Crippen LogP contribution is 2.07. The maximum Gasteiger partial charge on any atom is 0.151 e. The molecule has 0 aliphatic carbocycles. The van der Waals surface area contributed by atoms with Crippen molar-refractivity contribution in [3.8, 4) is 0 Å². The number of rotatable bonds is 5. The van der Waals surface area contributed by atoms with Gasteiger partial charge in [-0.3, -0.25) is 0 Å². The van der Waals surface area contributed by atoms with Crippen LogP contribution in [0.5, 0.6) is 0 Å². The topological polar surface area (TPSA) is 94.6 Å². The second-order valence-corrected chi connectivity index (χ2v) is 3.05. The Labute approximate surface area is 83.0 Å². The Hall–Kier alpha value is -1.59. The standard InChI is InChI=1S/C8H16N6/c1-2-3-4-5-11-13-14-8(10)6-7(9)12-14/h6H,2-5,10H2,1H3,(H2,9,12). The van der Waals surface area contributed by atoms with E-state index in [1.165, 1.54) is 11.2 Å². The van der Waals surface area contributed by atoms with E-state index in [0.717, 1.165) is 12.8 Å². The Morgan fingerprint density at radius 1 is 1.43 bits per heavy atom. The minimum Gasteiger partial charge on any atom is -0.382 e. The van der Waals surface area contributed by atoms with Crippen LogP contribution in [0.3, 0.4) is 0 Å². The molecule has 0 unspecified atom stereocenters. The molecule has 6 heteroatoms. The van der Waals surface area contributed by atoms with E-state index in [-0.39, 0.29) is 0 Å². The van der Waals surface area contributed by atoms with Crippen molar-refractivity contribution in [3.63, 3.8) is 0 Å². The van der Waals surface area contributed by atoms with E-state index in [1.54, 1.807) is 6.07 Å². The van der Waals surface area contributed by atoms with Gasteiger partial charge in [-0.05, 0) is 11.6 Å². The molecule has 1 aromatic heterocycles. The van der Waals surface area contributed by atoms with Gasteiger partial charge in [-0.1, -0.05) is 19.8 Å². The van der Waals surface area contributed by atoms with E-state index >= 15 is 0 Å². The Balaban J connectivity index is 2.39. The number of unbranched alkanes of at least 4 members (excludes halogenated alkanes) is 2. The number of aromatic nitrogens is 2. The Morgan fingerprint density at radius 2 is 2.21 bits per heavy atom. The summed E-state index contributed by atoms with van der Waals surface area (Å²) in [7, 11) is 0. The van der Waals surface area contributed by atoms with Crippen LogP contribution in [-0.4, -0.2) is 16.4 Å². The maximum atomic E-state index is 5.55. The van der Waals surface area contributed by atoms with Gasteiger partial charge in [0.1, 0.15) is 5.82 Å². The molecule has 0 bridgehead atoms. The van der Waals surface area contributed by atoms with Gasteiger partial charge in [0.2, 0.25) is 0 Å². The number of nitrogens with two attached hydrogens (primary N) is 2. The number of nitrogens with zero attached hydrogens (tertiary/aromatic N) is 4. The quantitative estimate of drug-likeness (QED) is 0.551. The van der Waals surface area contributed by atoms with Gasteiger partial charge in [-0.25, -0.2) is 0 Å². The summed E-state index contributed by atoms with van der Waals surface area (Å²) >= 11 is 0. The molecule has 0 atom stereocenters. The molecule has 0 saturated carbocycles. The normalized spacial score (nSPS) is 11.2. The highest BCUT2D eigenvalue weighted by Gasteiger charge is 1.98. The summed E-state index contributed by atoms with van der Waals surface area (Å²) in [5, 5.41) is 11.6. The zero-order valence-corrected chi connectivity index (χ0v) is 8.35. The SMILES string of the molecule is CCCCCN=Nn1nc(N)cc1N. The average Bonchev–Trinajstić information content (AvgIpc) is 2.45. The number of nitrogen functional groups attached to an aromatic ring is 2. The summed E-state index contributed by atoms with van der Waals surface area (Å²) in [6.45, 7) is 2.84. The van der Waals surface area contributed by atoms with Gasteiger partial charge in [0, 0.05) is 6.07 Å². The van der Waals surface area contributed by atoms with Crippen molar-refractivity contribution in [2.24, 2.45) is 10.3 Å². The van der Waals surface area contributed by atoms with Crippen LogP contribution in [0.1, 0.15) is 26.2 Å². The highest BCUT2D eigenvalue weighted by molar-refractivity contribution is 5.41. The van der Waals surface area contributed by atoms with Crippen molar-refractivity contribution >= 4 is 11.6 Å². The van der Waals surface area contributed by atoms with Crippen molar-refractivity contribution in [3.05, 3.63) is 6.07 Å². The average molecular weight is 196 g/mol. The van der Waals surface area contributed by atoms with E-state index in [0.29, 0.717) is 18.2 Å². The van der Waals surface area contributed by atoms with Gasteiger partial charge in [0.25, 0.3) is 0 Å².